The van der Waals surface area contributed by atoms with Crippen LogP contribution < -0.4 is 5.32 Å². The number of aliphatic hydroxyl groups excluding tert-OH is 1. The molecule has 0 saturated carbocycles. The summed E-state index contributed by atoms with van der Waals surface area (Å²) in [5.41, 5.74) is 2.22. The first-order chi connectivity index (χ1) is 11.0. The Morgan fingerprint density at radius 1 is 1.30 bits per heavy atom. The van der Waals surface area contributed by atoms with E-state index in [0.717, 1.165) is 38.2 Å². The molecular formula is C19H30N2O2. The molecule has 23 heavy (non-hydrogen) atoms. The molecule has 1 unspecified atom stereocenters. The Balaban J connectivity index is 1.92. The van der Waals surface area contributed by atoms with Gasteiger partial charge >= 0.3 is 0 Å². The third kappa shape index (κ3) is 5.33. The fourth-order valence-corrected chi connectivity index (χ4v) is 3.10. The Kier molecular flexibility index (Phi) is 6.60. The number of hydrogen-bond acceptors (Lipinski definition) is 3. The number of hydrogen-bond donors (Lipinski definition) is 2. The topological polar surface area (TPSA) is 52.6 Å². The van der Waals surface area contributed by atoms with Gasteiger partial charge in [0.2, 0.25) is 5.91 Å². The van der Waals surface area contributed by atoms with E-state index in [1.54, 1.807) is 0 Å². The molecule has 4 heteroatoms. The van der Waals surface area contributed by atoms with Crippen LogP contribution in [-0.4, -0.2) is 42.2 Å². The van der Waals surface area contributed by atoms with Crippen molar-refractivity contribution >= 4 is 11.6 Å². The average Bonchev–Trinajstić information content (AvgIpc) is 2.55. The van der Waals surface area contributed by atoms with Crippen LogP contribution in [0.15, 0.2) is 24.3 Å². The van der Waals surface area contributed by atoms with E-state index in [0.29, 0.717) is 11.8 Å². The molecule has 0 bridgehead atoms. The zero-order valence-electron chi connectivity index (χ0n) is 14.6. The number of nitrogens with one attached hydrogen (secondary N) is 1. The maximum atomic E-state index is 11.8. The van der Waals surface area contributed by atoms with Gasteiger partial charge in [0, 0.05) is 24.8 Å². The average molecular weight is 318 g/mol. The summed E-state index contributed by atoms with van der Waals surface area (Å²) in [6.07, 6.45) is 2.28. The smallest absolute Gasteiger partial charge is 0.226 e. The summed E-state index contributed by atoms with van der Waals surface area (Å²) in [6.45, 7) is 9.30. The highest BCUT2D eigenvalue weighted by Gasteiger charge is 2.21. The van der Waals surface area contributed by atoms with Crippen LogP contribution in [0.4, 0.5) is 5.69 Å². The molecule has 1 aliphatic rings. The van der Waals surface area contributed by atoms with Crippen molar-refractivity contribution in [1.82, 2.24) is 4.90 Å². The summed E-state index contributed by atoms with van der Waals surface area (Å²) in [6, 6.07) is 8.28. The zero-order chi connectivity index (χ0) is 16.8. The minimum Gasteiger partial charge on any atom is -0.396 e. The molecule has 1 aromatic carbocycles. The molecule has 1 atom stereocenters. The van der Waals surface area contributed by atoms with Crippen molar-refractivity contribution in [1.29, 1.82) is 0 Å². The summed E-state index contributed by atoms with van der Waals surface area (Å²) in [7, 11) is 0. The number of piperidine rings is 1. The second-order valence-corrected chi connectivity index (χ2v) is 7.13. The van der Waals surface area contributed by atoms with E-state index in [1.165, 1.54) is 5.56 Å². The lowest BCUT2D eigenvalue weighted by Crippen LogP contribution is -2.36. The van der Waals surface area contributed by atoms with Crippen LogP contribution in [0.25, 0.3) is 0 Å². The van der Waals surface area contributed by atoms with Crippen LogP contribution in [0, 0.1) is 11.8 Å². The van der Waals surface area contributed by atoms with Crippen molar-refractivity contribution in [2.24, 2.45) is 11.8 Å². The third-order valence-corrected chi connectivity index (χ3v) is 4.62. The first-order valence-corrected chi connectivity index (χ1v) is 8.73. The van der Waals surface area contributed by atoms with Crippen molar-refractivity contribution in [2.45, 2.75) is 39.5 Å². The number of likely N-dealkylation sites (tertiary alicyclic amines) is 1. The van der Waals surface area contributed by atoms with Gasteiger partial charge < -0.3 is 15.3 Å². The van der Waals surface area contributed by atoms with Gasteiger partial charge in [0.05, 0.1) is 0 Å². The molecule has 1 aliphatic heterocycles. The van der Waals surface area contributed by atoms with Crippen molar-refractivity contribution in [3.05, 3.63) is 29.8 Å². The van der Waals surface area contributed by atoms with E-state index in [4.69, 9.17) is 0 Å². The van der Waals surface area contributed by atoms with E-state index < -0.39 is 0 Å². The molecule has 0 spiro atoms. The highest BCUT2D eigenvalue weighted by Crippen LogP contribution is 2.29. The molecule has 4 nitrogen and oxygen atoms in total. The van der Waals surface area contributed by atoms with Gasteiger partial charge in [-0.3, -0.25) is 4.79 Å². The summed E-state index contributed by atoms with van der Waals surface area (Å²) >= 11 is 0. The summed E-state index contributed by atoms with van der Waals surface area (Å²) < 4.78 is 0. The zero-order valence-corrected chi connectivity index (χ0v) is 14.6. The van der Waals surface area contributed by atoms with Gasteiger partial charge in [-0.1, -0.05) is 32.9 Å². The predicted molar refractivity (Wildman–Crippen MR) is 94.6 cm³/mol. The molecule has 128 valence electrons. The number of carbonyl (C=O) groups is 1. The number of anilines is 1. The van der Waals surface area contributed by atoms with Crippen LogP contribution in [0.3, 0.4) is 0 Å². The molecule has 1 amide bonds. The maximum absolute atomic E-state index is 11.8. The lowest BCUT2D eigenvalue weighted by Gasteiger charge is -2.33. The van der Waals surface area contributed by atoms with Gasteiger partial charge in [-0.25, -0.2) is 0 Å². The molecule has 0 aliphatic carbocycles. The molecule has 1 saturated heterocycles. The third-order valence-electron chi connectivity index (χ3n) is 4.62. The molecule has 2 rings (SSSR count). The van der Waals surface area contributed by atoms with Gasteiger partial charge in [0.1, 0.15) is 0 Å². The van der Waals surface area contributed by atoms with Crippen LogP contribution in [0.5, 0.6) is 0 Å². The van der Waals surface area contributed by atoms with Crippen LogP contribution in [-0.2, 0) is 4.79 Å². The van der Waals surface area contributed by atoms with Gasteiger partial charge in [-0.15, -0.1) is 0 Å². The first kappa shape index (κ1) is 18.0. The van der Waals surface area contributed by atoms with Gasteiger partial charge in [0.15, 0.2) is 0 Å². The highest BCUT2D eigenvalue weighted by atomic mass is 16.3. The first-order valence-electron chi connectivity index (χ1n) is 8.73. The lowest BCUT2D eigenvalue weighted by molar-refractivity contribution is -0.118. The molecular weight excluding hydrogens is 288 g/mol. The van der Waals surface area contributed by atoms with Crippen molar-refractivity contribution in [3.8, 4) is 0 Å². The maximum Gasteiger partial charge on any atom is 0.226 e. The van der Waals surface area contributed by atoms with Crippen LogP contribution >= 0.6 is 0 Å². The number of carbonyl (C=O) groups excluding carboxylic acids is 1. The summed E-state index contributed by atoms with van der Waals surface area (Å²) in [4.78, 5) is 14.3. The normalized spacial score (nSPS) is 18.1. The minimum atomic E-state index is -0.00425. The van der Waals surface area contributed by atoms with Crippen molar-refractivity contribution < 1.29 is 9.90 Å². The Labute approximate surface area is 139 Å². The van der Waals surface area contributed by atoms with Crippen LogP contribution in [0.2, 0.25) is 0 Å². The SMILES string of the molecule is CC(CO)CN1CCC(c2cccc(NC(=O)C(C)C)c2)CC1. The number of benzene rings is 1. The van der Waals surface area contributed by atoms with Gasteiger partial charge in [0.25, 0.3) is 0 Å². The van der Waals surface area contributed by atoms with E-state index in [2.05, 4.69) is 29.3 Å². The minimum absolute atomic E-state index is 0.00425. The second kappa shape index (κ2) is 8.46. The van der Waals surface area contributed by atoms with Crippen LogP contribution in [0.1, 0.15) is 45.1 Å². The van der Waals surface area contributed by atoms with Gasteiger partial charge in [-0.2, -0.15) is 0 Å². The number of nitrogens with zero attached hydrogens (tertiary/aromatic N) is 1. The Morgan fingerprint density at radius 2 is 2.00 bits per heavy atom. The van der Waals surface area contributed by atoms with E-state index in [9.17, 15) is 9.90 Å². The monoisotopic (exact) mass is 318 g/mol. The molecule has 1 aromatic rings. The quantitative estimate of drug-likeness (QED) is 0.847. The fourth-order valence-electron chi connectivity index (χ4n) is 3.10. The lowest BCUT2D eigenvalue weighted by atomic mass is 9.89. The fraction of sp³-hybridized carbons (Fsp3) is 0.632. The molecule has 1 fully saturated rings. The standard InChI is InChI=1S/C19H30N2O2/c1-14(2)19(23)20-18-6-4-5-17(11-18)16-7-9-21(10-8-16)12-15(3)13-22/h4-6,11,14-16,22H,7-10,12-13H2,1-3H3,(H,20,23). The van der Waals surface area contributed by atoms with Crippen molar-refractivity contribution in [2.75, 3.05) is 31.6 Å². The van der Waals surface area contributed by atoms with E-state index in [-0.39, 0.29) is 18.4 Å². The molecule has 0 aromatic heterocycles. The number of aliphatic hydroxyl groups is 1. The Hall–Kier alpha value is -1.39. The summed E-state index contributed by atoms with van der Waals surface area (Å²) in [5.74, 6) is 0.970. The highest BCUT2D eigenvalue weighted by molar-refractivity contribution is 5.92. The molecule has 1 heterocycles. The van der Waals surface area contributed by atoms with Gasteiger partial charge in [-0.05, 0) is 55.5 Å². The van der Waals surface area contributed by atoms with E-state index >= 15 is 0 Å². The molecule has 0 radical (unpaired) electrons. The second-order valence-electron chi connectivity index (χ2n) is 7.13. The number of amides is 1. The predicted octanol–water partition coefficient (Wildman–Crippen LogP) is 3.09. The largest absolute Gasteiger partial charge is 0.396 e. The van der Waals surface area contributed by atoms with Crippen molar-refractivity contribution in [3.63, 3.8) is 0 Å². The Morgan fingerprint density at radius 3 is 2.61 bits per heavy atom. The molecule has 2 N–H and O–H groups in total. The summed E-state index contributed by atoms with van der Waals surface area (Å²) in [5, 5.41) is 12.2. The van der Waals surface area contributed by atoms with E-state index in [1.807, 2.05) is 26.0 Å². The Bertz CT molecular complexity index is 508. The number of rotatable bonds is 6.